The van der Waals surface area contributed by atoms with Crippen LogP contribution in [0.3, 0.4) is 0 Å². The average molecular weight is 514 g/mol. The van der Waals surface area contributed by atoms with E-state index in [9.17, 15) is 4.79 Å². The van der Waals surface area contributed by atoms with Gasteiger partial charge in [-0.25, -0.2) is 5.43 Å². The molecule has 1 heterocycles. The maximum absolute atomic E-state index is 12.5. The molecule has 0 aliphatic carbocycles. The monoisotopic (exact) mass is 513 g/mol. The van der Waals surface area contributed by atoms with Crippen molar-refractivity contribution in [2.45, 2.75) is 38.3 Å². The number of hydrogen-bond donors (Lipinski definition) is 1. The summed E-state index contributed by atoms with van der Waals surface area (Å²) in [6, 6.07) is 23.9. The van der Waals surface area contributed by atoms with E-state index in [0.29, 0.717) is 11.0 Å². The van der Waals surface area contributed by atoms with Gasteiger partial charge in [-0.2, -0.15) is 5.10 Å². The minimum absolute atomic E-state index is 0.0538. The molecule has 4 aromatic rings. The molecule has 0 saturated heterocycles. The van der Waals surface area contributed by atoms with E-state index in [4.69, 9.17) is 4.74 Å². The van der Waals surface area contributed by atoms with Gasteiger partial charge in [0.15, 0.2) is 11.0 Å². The lowest BCUT2D eigenvalue weighted by Gasteiger charge is -2.19. The highest BCUT2D eigenvalue weighted by Gasteiger charge is 2.19. The van der Waals surface area contributed by atoms with Gasteiger partial charge in [-0.15, -0.1) is 10.2 Å². The Kier molecular flexibility index (Phi) is 8.08. The second kappa shape index (κ2) is 11.4. The number of aromatic nitrogens is 3. The summed E-state index contributed by atoms with van der Waals surface area (Å²) in [6.07, 6.45) is 1.65. The van der Waals surface area contributed by atoms with Gasteiger partial charge in [-0.05, 0) is 53.3 Å². The van der Waals surface area contributed by atoms with Crippen LogP contribution < -0.4 is 10.2 Å². The van der Waals surface area contributed by atoms with Gasteiger partial charge < -0.3 is 4.74 Å². The number of amides is 1. The Hall–Kier alpha value is -3.91. The highest BCUT2D eigenvalue weighted by Crippen LogP contribution is 2.30. The van der Waals surface area contributed by atoms with Crippen LogP contribution in [0.5, 0.6) is 5.75 Å². The predicted octanol–water partition coefficient (Wildman–Crippen LogP) is 5.79. The van der Waals surface area contributed by atoms with Crippen molar-refractivity contribution < 1.29 is 9.53 Å². The molecule has 0 spiro atoms. The van der Waals surface area contributed by atoms with Crippen molar-refractivity contribution in [3.8, 4) is 22.8 Å². The Labute approximate surface area is 222 Å². The van der Waals surface area contributed by atoms with Crippen LogP contribution in [0.25, 0.3) is 17.1 Å². The molecular weight excluding hydrogens is 482 g/mol. The van der Waals surface area contributed by atoms with E-state index in [0.717, 1.165) is 28.1 Å². The van der Waals surface area contributed by atoms with Gasteiger partial charge >= 0.3 is 0 Å². The summed E-state index contributed by atoms with van der Waals surface area (Å²) < 4.78 is 7.28. The molecule has 0 fully saturated rings. The molecule has 4 rings (SSSR count). The van der Waals surface area contributed by atoms with Crippen molar-refractivity contribution >= 4 is 23.9 Å². The molecular formula is C29H31N5O2S. The third-order valence-corrected chi connectivity index (χ3v) is 6.82. The third kappa shape index (κ3) is 6.46. The van der Waals surface area contributed by atoms with E-state index >= 15 is 0 Å². The smallest absolute Gasteiger partial charge is 0.250 e. The standard InChI is InChI=1S/C29H31N5O2S/c1-20-8-6-7-9-22(20)18-30-31-26(35)19-37-28-33-32-27(21-10-12-23(13-11-21)29(2,3)4)34(28)24-14-16-25(36-5)17-15-24/h6-18H,19H2,1-5H3,(H,31,35)/b30-18-. The molecule has 1 amide bonds. The number of benzene rings is 3. The fraction of sp³-hybridized carbons (Fsp3) is 0.241. The lowest BCUT2D eigenvalue weighted by Crippen LogP contribution is -2.20. The zero-order valence-electron chi connectivity index (χ0n) is 21.7. The summed E-state index contributed by atoms with van der Waals surface area (Å²) in [7, 11) is 1.64. The van der Waals surface area contributed by atoms with Gasteiger partial charge in [0, 0.05) is 11.3 Å². The van der Waals surface area contributed by atoms with Gasteiger partial charge in [-0.3, -0.25) is 9.36 Å². The Morgan fingerprint density at radius 1 is 1.03 bits per heavy atom. The summed E-state index contributed by atoms with van der Waals surface area (Å²) in [5.74, 6) is 1.37. The van der Waals surface area contributed by atoms with Crippen LogP contribution in [0.15, 0.2) is 83.1 Å². The van der Waals surface area contributed by atoms with Crippen molar-refractivity contribution in [1.29, 1.82) is 0 Å². The Morgan fingerprint density at radius 3 is 2.38 bits per heavy atom. The molecule has 0 aliphatic rings. The number of nitrogens with one attached hydrogen (secondary N) is 1. The quantitative estimate of drug-likeness (QED) is 0.183. The summed E-state index contributed by atoms with van der Waals surface area (Å²) >= 11 is 1.30. The number of rotatable bonds is 8. The van der Waals surface area contributed by atoms with Crippen molar-refractivity contribution in [1.82, 2.24) is 20.2 Å². The number of carbonyl (C=O) groups excluding carboxylic acids is 1. The summed E-state index contributed by atoms with van der Waals surface area (Å²) in [5.41, 5.74) is 7.75. The SMILES string of the molecule is COc1ccc(-n2c(SCC(=O)N/N=C\c3ccccc3C)nnc2-c2ccc(C(C)(C)C)cc2)cc1. The average Bonchev–Trinajstić information content (AvgIpc) is 3.32. The van der Waals surface area contributed by atoms with Crippen molar-refractivity contribution in [2.24, 2.45) is 5.10 Å². The van der Waals surface area contributed by atoms with Crippen LogP contribution in [0.4, 0.5) is 0 Å². The topological polar surface area (TPSA) is 81.4 Å². The van der Waals surface area contributed by atoms with Gasteiger partial charge in [0.2, 0.25) is 0 Å². The number of aryl methyl sites for hydroxylation is 1. The molecule has 37 heavy (non-hydrogen) atoms. The van der Waals surface area contributed by atoms with Gasteiger partial charge in [0.25, 0.3) is 5.91 Å². The minimum atomic E-state index is -0.227. The lowest BCUT2D eigenvalue weighted by molar-refractivity contribution is -0.118. The molecule has 0 saturated carbocycles. The molecule has 8 heteroatoms. The predicted molar refractivity (Wildman–Crippen MR) is 150 cm³/mol. The summed E-state index contributed by atoms with van der Waals surface area (Å²) in [6.45, 7) is 8.56. The molecule has 3 aromatic carbocycles. The lowest BCUT2D eigenvalue weighted by atomic mass is 9.87. The fourth-order valence-electron chi connectivity index (χ4n) is 3.70. The molecule has 0 radical (unpaired) electrons. The second-order valence-electron chi connectivity index (χ2n) is 9.61. The van der Waals surface area contributed by atoms with Crippen LogP contribution in [0.1, 0.15) is 37.5 Å². The Balaban J connectivity index is 1.56. The van der Waals surface area contributed by atoms with Crippen LogP contribution >= 0.6 is 11.8 Å². The zero-order valence-corrected chi connectivity index (χ0v) is 22.5. The Morgan fingerprint density at radius 2 is 1.73 bits per heavy atom. The van der Waals surface area contributed by atoms with E-state index < -0.39 is 0 Å². The van der Waals surface area contributed by atoms with E-state index in [1.54, 1.807) is 13.3 Å². The first kappa shape index (κ1) is 26.2. The fourth-order valence-corrected chi connectivity index (χ4v) is 4.45. The molecule has 0 bridgehead atoms. The molecule has 7 nitrogen and oxygen atoms in total. The Bertz CT molecular complexity index is 1390. The van der Waals surface area contributed by atoms with Gasteiger partial charge in [0.1, 0.15) is 5.75 Å². The first-order valence-electron chi connectivity index (χ1n) is 12.0. The number of carbonyl (C=O) groups is 1. The normalized spacial score (nSPS) is 11.6. The molecule has 0 atom stereocenters. The number of nitrogens with zero attached hydrogens (tertiary/aromatic N) is 4. The third-order valence-electron chi connectivity index (χ3n) is 5.89. The van der Waals surface area contributed by atoms with Crippen LogP contribution in [0.2, 0.25) is 0 Å². The van der Waals surface area contributed by atoms with Crippen molar-refractivity contribution in [3.05, 3.63) is 89.5 Å². The number of hydrazone groups is 1. The maximum atomic E-state index is 12.5. The zero-order chi connectivity index (χ0) is 26.4. The maximum Gasteiger partial charge on any atom is 0.250 e. The van der Waals surface area contributed by atoms with E-state index in [1.165, 1.54) is 17.3 Å². The van der Waals surface area contributed by atoms with E-state index in [-0.39, 0.29) is 17.1 Å². The highest BCUT2D eigenvalue weighted by molar-refractivity contribution is 7.99. The van der Waals surface area contributed by atoms with Gasteiger partial charge in [0.05, 0.1) is 19.1 Å². The number of methoxy groups -OCH3 is 1. The second-order valence-corrected chi connectivity index (χ2v) is 10.5. The molecule has 1 aromatic heterocycles. The first-order valence-corrected chi connectivity index (χ1v) is 13.0. The van der Waals surface area contributed by atoms with Crippen molar-refractivity contribution in [3.63, 3.8) is 0 Å². The van der Waals surface area contributed by atoms with E-state index in [1.807, 2.05) is 60.0 Å². The van der Waals surface area contributed by atoms with Crippen molar-refractivity contribution in [2.75, 3.05) is 12.9 Å². The minimum Gasteiger partial charge on any atom is -0.497 e. The first-order chi connectivity index (χ1) is 17.8. The molecule has 0 aliphatic heterocycles. The van der Waals surface area contributed by atoms with Crippen LogP contribution in [0, 0.1) is 6.92 Å². The summed E-state index contributed by atoms with van der Waals surface area (Å²) in [5, 5.41) is 13.6. The largest absolute Gasteiger partial charge is 0.497 e. The molecule has 1 N–H and O–H groups in total. The molecule has 190 valence electrons. The molecule has 0 unspecified atom stereocenters. The van der Waals surface area contributed by atoms with Crippen LogP contribution in [-0.2, 0) is 10.2 Å². The van der Waals surface area contributed by atoms with E-state index in [2.05, 4.69) is 65.8 Å². The number of thioether (sulfide) groups is 1. The van der Waals surface area contributed by atoms with Gasteiger partial charge in [-0.1, -0.05) is 81.1 Å². The number of ether oxygens (including phenoxy) is 1. The van der Waals surface area contributed by atoms with Crippen LogP contribution in [-0.4, -0.2) is 39.7 Å². The number of hydrogen-bond acceptors (Lipinski definition) is 6. The highest BCUT2D eigenvalue weighted by atomic mass is 32.2. The summed E-state index contributed by atoms with van der Waals surface area (Å²) in [4.78, 5) is 12.5.